The van der Waals surface area contributed by atoms with Gasteiger partial charge in [-0.1, -0.05) is 54.6 Å². The lowest BCUT2D eigenvalue weighted by Gasteiger charge is -2.32. The largest absolute Gasteiger partial charge is 0.508 e. The van der Waals surface area contributed by atoms with Gasteiger partial charge in [0.25, 0.3) is 0 Å². The lowest BCUT2D eigenvalue weighted by Crippen LogP contribution is -2.57. The van der Waals surface area contributed by atoms with Crippen molar-refractivity contribution in [3.63, 3.8) is 0 Å². The standard InChI is InChI=1S/C37H48N8O6/c1-45-32(9-4-16-38)35(50)43-30(8-5-17-41-37(39)40)34(49)44-31(20-24-10-13-25-6-2-3-7-26(25)19-24)33(48)42-22-29(47)21-27(36(45)51)18-23-11-14-28(46)15-12-23/h2-3,6-7,10-15,19,27,30-32,46H,4-5,8-9,16-18,20-22,38H2,1H3,(H,42,48)(H,43,50)(H,44,49)(H4,39,40,41)/t27?,30-,31-,32?/m0/s1. The Morgan fingerprint density at radius 2 is 1.51 bits per heavy atom. The van der Waals surface area contributed by atoms with Crippen LogP contribution in [0.5, 0.6) is 5.75 Å². The second kappa shape index (κ2) is 18.5. The predicted octanol–water partition coefficient (Wildman–Crippen LogP) is 0.625. The zero-order valence-corrected chi connectivity index (χ0v) is 28.8. The molecule has 3 aromatic carbocycles. The Hall–Kier alpha value is -5.50. The van der Waals surface area contributed by atoms with E-state index in [1.54, 1.807) is 12.1 Å². The van der Waals surface area contributed by atoms with Crippen molar-refractivity contribution >= 4 is 46.1 Å². The molecule has 3 aromatic rings. The molecule has 14 nitrogen and oxygen atoms in total. The van der Waals surface area contributed by atoms with Gasteiger partial charge in [0, 0.05) is 32.4 Å². The number of carbonyl (C=O) groups is 5. The van der Waals surface area contributed by atoms with Crippen molar-refractivity contribution in [2.75, 3.05) is 26.7 Å². The quantitative estimate of drug-likeness (QED) is 0.0843. The molecule has 4 amide bonds. The monoisotopic (exact) mass is 700 g/mol. The molecule has 1 fully saturated rings. The molecule has 0 spiro atoms. The van der Waals surface area contributed by atoms with Gasteiger partial charge in [-0.3, -0.25) is 29.0 Å². The van der Waals surface area contributed by atoms with Crippen LogP contribution in [0.1, 0.15) is 43.2 Å². The van der Waals surface area contributed by atoms with Crippen LogP contribution in [0.3, 0.4) is 0 Å². The van der Waals surface area contributed by atoms with E-state index in [0.29, 0.717) is 18.4 Å². The highest BCUT2D eigenvalue weighted by atomic mass is 16.3. The fraction of sp³-hybridized carbons (Fsp3) is 0.405. The third kappa shape index (κ3) is 11.3. The summed E-state index contributed by atoms with van der Waals surface area (Å²) in [6.45, 7) is 0.0780. The molecule has 0 aliphatic carbocycles. The highest BCUT2D eigenvalue weighted by Gasteiger charge is 2.35. The normalized spacial score (nSPS) is 20.9. The summed E-state index contributed by atoms with van der Waals surface area (Å²) in [6.07, 6.45) is 1.10. The zero-order valence-electron chi connectivity index (χ0n) is 28.8. The number of hydrogen-bond acceptors (Lipinski definition) is 8. The van der Waals surface area contributed by atoms with E-state index in [4.69, 9.17) is 17.2 Å². The number of nitrogens with two attached hydrogens (primary N) is 3. The first kappa shape index (κ1) is 38.3. The summed E-state index contributed by atoms with van der Waals surface area (Å²) >= 11 is 0. The van der Waals surface area contributed by atoms with Crippen LogP contribution in [0.25, 0.3) is 10.8 Å². The van der Waals surface area contributed by atoms with Crippen molar-refractivity contribution in [1.82, 2.24) is 20.9 Å². The number of nitrogens with zero attached hydrogens (tertiary/aromatic N) is 2. The van der Waals surface area contributed by atoms with Crippen LogP contribution in [0.4, 0.5) is 0 Å². The van der Waals surface area contributed by atoms with E-state index in [1.165, 1.54) is 24.1 Å². The maximum atomic E-state index is 14.1. The summed E-state index contributed by atoms with van der Waals surface area (Å²) in [5.74, 6) is -3.60. The molecule has 1 heterocycles. The minimum absolute atomic E-state index is 0.0517. The Morgan fingerprint density at radius 1 is 0.824 bits per heavy atom. The number of fused-ring (bicyclic) bond motifs is 1. The molecule has 10 N–H and O–H groups in total. The summed E-state index contributed by atoms with van der Waals surface area (Å²) < 4.78 is 0. The first-order valence-electron chi connectivity index (χ1n) is 17.1. The number of phenolic OH excluding ortho intramolecular Hbond substituents is 1. The number of hydrogen-bond donors (Lipinski definition) is 7. The number of nitrogens with one attached hydrogen (secondary N) is 3. The van der Waals surface area contributed by atoms with Crippen molar-refractivity contribution in [3.8, 4) is 5.75 Å². The number of carbonyl (C=O) groups excluding carboxylic acids is 5. The van der Waals surface area contributed by atoms with Gasteiger partial charge in [-0.05, 0) is 72.7 Å². The predicted molar refractivity (Wildman–Crippen MR) is 194 cm³/mol. The molecule has 4 atom stereocenters. The van der Waals surface area contributed by atoms with Crippen LogP contribution >= 0.6 is 0 Å². The van der Waals surface area contributed by atoms with E-state index >= 15 is 0 Å². The highest BCUT2D eigenvalue weighted by Crippen LogP contribution is 2.21. The number of phenols is 1. The number of aliphatic imine (C=N–C) groups is 1. The van der Waals surface area contributed by atoms with Crippen molar-refractivity contribution in [3.05, 3.63) is 77.9 Å². The summed E-state index contributed by atoms with van der Waals surface area (Å²) in [6, 6.07) is 16.6. The number of Topliss-reactive ketones (excluding diaryl/α,β-unsaturated/α-hetero) is 1. The van der Waals surface area contributed by atoms with Gasteiger partial charge in [0.15, 0.2) is 11.7 Å². The van der Waals surface area contributed by atoms with Gasteiger partial charge in [0.2, 0.25) is 23.6 Å². The van der Waals surface area contributed by atoms with Crippen LogP contribution < -0.4 is 33.2 Å². The van der Waals surface area contributed by atoms with Gasteiger partial charge in [0.05, 0.1) is 6.54 Å². The van der Waals surface area contributed by atoms with Crippen LogP contribution in [0.15, 0.2) is 71.7 Å². The summed E-state index contributed by atoms with van der Waals surface area (Å²) in [7, 11) is 1.49. The number of amides is 4. The average molecular weight is 701 g/mol. The Labute approximate surface area is 297 Å². The molecule has 272 valence electrons. The number of benzene rings is 3. The van der Waals surface area contributed by atoms with Gasteiger partial charge in [0.1, 0.15) is 23.9 Å². The number of guanidine groups is 1. The minimum atomic E-state index is -1.11. The molecule has 1 aliphatic heterocycles. The topological polar surface area (TPSA) is 235 Å². The van der Waals surface area contributed by atoms with E-state index < -0.39 is 53.5 Å². The molecule has 0 aromatic heterocycles. The molecule has 14 heteroatoms. The van der Waals surface area contributed by atoms with E-state index in [1.807, 2.05) is 42.5 Å². The van der Waals surface area contributed by atoms with Crippen LogP contribution in [0.2, 0.25) is 0 Å². The van der Waals surface area contributed by atoms with Crippen molar-refractivity contribution in [2.45, 2.75) is 63.1 Å². The molecule has 0 radical (unpaired) electrons. The smallest absolute Gasteiger partial charge is 0.243 e. The van der Waals surface area contributed by atoms with Crippen molar-refractivity contribution in [2.24, 2.45) is 28.1 Å². The Morgan fingerprint density at radius 3 is 2.22 bits per heavy atom. The van der Waals surface area contributed by atoms with Gasteiger partial charge < -0.3 is 43.2 Å². The van der Waals surface area contributed by atoms with Crippen molar-refractivity contribution < 1.29 is 29.1 Å². The first-order chi connectivity index (χ1) is 24.4. The molecule has 0 saturated carbocycles. The van der Waals surface area contributed by atoms with E-state index in [9.17, 15) is 29.1 Å². The number of ketones is 1. The molecule has 4 rings (SSSR count). The highest BCUT2D eigenvalue weighted by molar-refractivity contribution is 5.97. The second-order valence-electron chi connectivity index (χ2n) is 12.9. The Kier molecular flexibility index (Phi) is 13.9. The zero-order chi connectivity index (χ0) is 36.9. The number of likely N-dealkylation sites (N-methyl/N-ethyl adjacent to an activating group) is 1. The number of aromatic hydroxyl groups is 1. The van der Waals surface area contributed by atoms with Crippen LogP contribution in [0, 0.1) is 5.92 Å². The Balaban J connectivity index is 1.70. The van der Waals surface area contributed by atoms with Gasteiger partial charge >= 0.3 is 0 Å². The average Bonchev–Trinajstić information content (AvgIpc) is 3.11. The van der Waals surface area contributed by atoms with E-state index in [-0.39, 0.29) is 63.4 Å². The third-order valence-electron chi connectivity index (χ3n) is 8.97. The fourth-order valence-electron chi connectivity index (χ4n) is 6.20. The van der Waals surface area contributed by atoms with E-state index in [2.05, 4.69) is 20.9 Å². The van der Waals surface area contributed by atoms with Crippen LogP contribution in [-0.4, -0.2) is 90.2 Å². The lowest BCUT2D eigenvalue weighted by molar-refractivity contribution is -0.144. The third-order valence-corrected chi connectivity index (χ3v) is 8.97. The molecule has 51 heavy (non-hydrogen) atoms. The summed E-state index contributed by atoms with van der Waals surface area (Å²) in [5, 5.41) is 20.0. The van der Waals surface area contributed by atoms with Gasteiger partial charge in [-0.2, -0.15) is 0 Å². The SMILES string of the molecule is CN1C(=O)C(Cc2ccc(O)cc2)CC(=O)CNC(=O)[C@H](Cc2ccc3ccccc3c2)NC(=O)[C@H](CCCN=C(N)N)NC(=O)C1CCCN. The molecule has 1 saturated heterocycles. The second-order valence-corrected chi connectivity index (χ2v) is 12.9. The van der Waals surface area contributed by atoms with Gasteiger partial charge in [-0.25, -0.2) is 0 Å². The van der Waals surface area contributed by atoms with Crippen LogP contribution in [-0.2, 0) is 36.8 Å². The summed E-state index contributed by atoms with van der Waals surface area (Å²) in [5.41, 5.74) is 18.2. The molecular formula is C37H48N8O6. The lowest BCUT2D eigenvalue weighted by atomic mass is 9.92. The summed E-state index contributed by atoms with van der Waals surface area (Å²) in [4.78, 5) is 74.3. The first-order valence-corrected chi connectivity index (χ1v) is 17.1. The minimum Gasteiger partial charge on any atom is -0.508 e. The van der Waals surface area contributed by atoms with E-state index in [0.717, 1.165) is 16.3 Å². The molecule has 0 bridgehead atoms. The molecule has 1 aliphatic rings. The maximum absolute atomic E-state index is 14.1. The fourth-order valence-corrected chi connectivity index (χ4v) is 6.20. The number of rotatable bonds is 11. The maximum Gasteiger partial charge on any atom is 0.243 e. The van der Waals surface area contributed by atoms with Gasteiger partial charge in [-0.15, -0.1) is 0 Å². The molecule has 2 unspecified atom stereocenters. The molecular weight excluding hydrogens is 652 g/mol. The Bertz CT molecular complexity index is 1730. The van der Waals surface area contributed by atoms with Crippen molar-refractivity contribution in [1.29, 1.82) is 0 Å².